The fraction of sp³-hybridized carbons (Fsp3) is 0.600. The van der Waals surface area contributed by atoms with Gasteiger partial charge < -0.3 is 25.8 Å². The zero-order chi connectivity index (χ0) is 22.3. The Bertz CT molecular complexity index is 816. The van der Waals surface area contributed by atoms with E-state index < -0.39 is 17.6 Å². The number of methoxy groups -OCH3 is 1. The standard InChI is InChI=1S/C20H32N6O4/c1-12(2)23-19(28)30-20(3)7-6-13(10-20)15-9-17(26-25-15)24-18(27)16(22-4)8-14(21)11-29-5/h8-9,12-13H,6-7,10-11,21H2,1-5H3,(H,23,28)(H2,24,25,26,27). The van der Waals surface area contributed by atoms with Crippen molar-refractivity contribution in [3.63, 3.8) is 0 Å². The molecule has 30 heavy (non-hydrogen) atoms. The Morgan fingerprint density at radius 3 is 2.87 bits per heavy atom. The van der Waals surface area contributed by atoms with E-state index in [9.17, 15) is 9.59 Å². The van der Waals surface area contributed by atoms with E-state index in [0.717, 1.165) is 18.5 Å². The minimum atomic E-state index is -0.538. The number of H-pyrrole nitrogens is 1. The topological polar surface area (TPSA) is 144 Å². The molecule has 0 saturated heterocycles. The van der Waals surface area contributed by atoms with Gasteiger partial charge in [0.05, 0.1) is 6.61 Å². The molecule has 0 aliphatic heterocycles. The van der Waals surface area contributed by atoms with Gasteiger partial charge in [-0.2, -0.15) is 5.10 Å². The molecular weight excluding hydrogens is 388 g/mol. The van der Waals surface area contributed by atoms with Gasteiger partial charge in [-0.1, -0.05) is 0 Å². The molecule has 1 aliphatic carbocycles. The number of ether oxygens (including phenoxy) is 2. The number of carbonyl (C=O) groups excluding carboxylic acids is 2. The summed E-state index contributed by atoms with van der Waals surface area (Å²) in [5.41, 5.74) is 6.69. The van der Waals surface area contributed by atoms with Crippen molar-refractivity contribution in [1.82, 2.24) is 15.5 Å². The SMILES string of the molecule is CN=C(C=C(N)COC)C(=O)Nc1cc(C2CCC(C)(OC(=O)NC(C)C)C2)[nH]n1. The summed E-state index contributed by atoms with van der Waals surface area (Å²) in [6, 6.07) is 1.81. The summed E-state index contributed by atoms with van der Waals surface area (Å²) in [7, 11) is 3.03. The number of amides is 2. The average molecular weight is 421 g/mol. The lowest BCUT2D eigenvalue weighted by Crippen LogP contribution is -2.38. The van der Waals surface area contributed by atoms with E-state index in [0.29, 0.717) is 17.9 Å². The predicted octanol–water partition coefficient (Wildman–Crippen LogP) is 2.07. The molecule has 0 spiro atoms. The maximum Gasteiger partial charge on any atom is 0.407 e. The van der Waals surface area contributed by atoms with Crippen LogP contribution >= 0.6 is 0 Å². The predicted molar refractivity (Wildman–Crippen MR) is 114 cm³/mol. The van der Waals surface area contributed by atoms with Crippen LogP contribution in [0.15, 0.2) is 22.8 Å². The van der Waals surface area contributed by atoms with E-state index in [4.69, 9.17) is 15.2 Å². The number of anilines is 1. The minimum Gasteiger partial charge on any atom is -0.443 e. The third-order valence-electron chi connectivity index (χ3n) is 4.83. The molecule has 1 saturated carbocycles. The van der Waals surface area contributed by atoms with Gasteiger partial charge in [-0.05, 0) is 46.1 Å². The highest BCUT2D eigenvalue weighted by atomic mass is 16.6. The molecule has 2 atom stereocenters. The molecule has 1 aromatic heterocycles. The van der Waals surface area contributed by atoms with Crippen molar-refractivity contribution in [3.05, 3.63) is 23.5 Å². The summed E-state index contributed by atoms with van der Waals surface area (Å²) in [6.45, 7) is 5.92. The van der Waals surface area contributed by atoms with Gasteiger partial charge in [0.25, 0.3) is 5.91 Å². The first-order valence-corrected chi connectivity index (χ1v) is 9.93. The second-order valence-electron chi connectivity index (χ2n) is 8.00. The highest BCUT2D eigenvalue weighted by Gasteiger charge is 2.40. The number of carbonyl (C=O) groups is 2. The largest absolute Gasteiger partial charge is 0.443 e. The molecule has 10 nitrogen and oxygen atoms in total. The van der Waals surface area contributed by atoms with E-state index in [2.05, 4.69) is 25.8 Å². The highest BCUT2D eigenvalue weighted by molar-refractivity contribution is 6.47. The monoisotopic (exact) mass is 420 g/mol. The highest BCUT2D eigenvalue weighted by Crippen LogP contribution is 2.42. The van der Waals surface area contributed by atoms with Crippen molar-refractivity contribution in [3.8, 4) is 0 Å². The summed E-state index contributed by atoms with van der Waals surface area (Å²) in [5.74, 6) is 0.123. The maximum atomic E-state index is 12.4. The first-order chi connectivity index (χ1) is 14.2. The summed E-state index contributed by atoms with van der Waals surface area (Å²) in [4.78, 5) is 28.3. The molecule has 2 unspecified atom stereocenters. The lowest BCUT2D eigenvalue weighted by atomic mass is 10.00. The number of nitrogens with zero attached hydrogens (tertiary/aromatic N) is 2. The Morgan fingerprint density at radius 1 is 1.50 bits per heavy atom. The van der Waals surface area contributed by atoms with Crippen molar-refractivity contribution in [2.45, 2.75) is 57.6 Å². The molecule has 10 heteroatoms. The van der Waals surface area contributed by atoms with Crippen molar-refractivity contribution in [1.29, 1.82) is 0 Å². The molecule has 1 heterocycles. The van der Waals surface area contributed by atoms with Crippen LogP contribution in [0.1, 0.15) is 51.6 Å². The van der Waals surface area contributed by atoms with Crippen LogP contribution in [-0.4, -0.2) is 60.3 Å². The summed E-state index contributed by atoms with van der Waals surface area (Å²) < 4.78 is 10.6. The molecule has 1 aliphatic rings. The molecule has 0 bridgehead atoms. The van der Waals surface area contributed by atoms with Gasteiger partial charge in [-0.25, -0.2) is 4.79 Å². The molecular formula is C20H32N6O4. The number of alkyl carbamates (subject to hydrolysis) is 1. The molecule has 2 rings (SSSR count). The van der Waals surface area contributed by atoms with Crippen LogP contribution in [-0.2, 0) is 14.3 Å². The van der Waals surface area contributed by atoms with Crippen molar-refractivity contribution >= 4 is 23.5 Å². The number of nitrogens with one attached hydrogen (secondary N) is 3. The third-order valence-corrected chi connectivity index (χ3v) is 4.83. The second-order valence-corrected chi connectivity index (χ2v) is 8.00. The summed E-state index contributed by atoms with van der Waals surface area (Å²) in [5, 5.41) is 12.6. The maximum absolute atomic E-state index is 12.4. The van der Waals surface area contributed by atoms with Gasteiger partial charge in [0.2, 0.25) is 0 Å². The Labute approximate surface area is 176 Å². The number of hydrogen-bond donors (Lipinski definition) is 4. The number of aromatic nitrogens is 2. The van der Waals surface area contributed by atoms with E-state index in [1.54, 1.807) is 6.07 Å². The van der Waals surface area contributed by atoms with E-state index in [-0.39, 0.29) is 24.3 Å². The first-order valence-electron chi connectivity index (χ1n) is 9.93. The fourth-order valence-electron chi connectivity index (χ4n) is 3.46. The fourth-order valence-corrected chi connectivity index (χ4v) is 3.46. The van der Waals surface area contributed by atoms with Crippen LogP contribution in [0.4, 0.5) is 10.6 Å². The van der Waals surface area contributed by atoms with Gasteiger partial charge in [0.1, 0.15) is 11.3 Å². The van der Waals surface area contributed by atoms with E-state index >= 15 is 0 Å². The number of aliphatic imine (C=N–C) groups is 1. The van der Waals surface area contributed by atoms with Crippen molar-refractivity contribution in [2.75, 3.05) is 26.1 Å². The van der Waals surface area contributed by atoms with Crippen LogP contribution in [0, 0.1) is 0 Å². The van der Waals surface area contributed by atoms with Crippen LogP contribution in [0.25, 0.3) is 0 Å². The van der Waals surface area contributed by atoms with Crippen LogP contribution in [0.3, 0.4) is 0 Å². The van der Waals surface area contributed by atoms with Crippen LogP contribution < -0.4 is 16.4 Å². The average Bonchev–Trinajstić information content (AvgIpc) is 3.25. The quantitative estimate of drug-likeness (QED) is 0.474. The number of aromatic amines is 1. The minimum absolute atomic E-state index is 0.0216. The van der Waals surface area contributed by atoms with Gasteiger partial charge in [0, 0.05) is 43.6 Å². The first kappa shape index (κ1) is 23.4. The van der Waals surface area contributed by atoms with Crippen molar-refractivity contribution < 1.29 is 19.1 Å². The Morgan fingerprint density at radius 2 is 2.23 bits per heavy atom. The van der Waals surface area contributed by atoms with E-state index in [1.165, 1.54) is 20.2 Å². The Balaban J connectivity index is 1.97. The number of rotatable bonds is 8. The van der Waals surface area contributed by atoms with E-state index in [1.807, 2.05) is 20.8 Å². The zero-order valence-electron chi connectivity index (χ0n) is 18.2. The van der Waals surface area contributed by atoms with Gasteiger partial charge in [-0.3, -0.25) is 14.9 Å². The molecule has 1 aromatic rings. The van der Waals surface area contributed by atoms with Gasteiger partial charge in [-0.15, -0.1) is 0 Å². The number of hydrogen-bond acceptors (Lipinski definition) is 7. The van der Waals surface area contributed by atoms with Gasteiger partial charge >= 0.3 is 6.09 Å². The third kappa shape index (κ3) is 6.58. The summed E-state index contributed by atoms with van der Waals surface area (Å²) in [6.07, 6.45) is 3.33. The number of nitrogens with two attached hydrogens (primary N) is 1. The molecule has 2 amide bonds. The van der Waals surface area contributed by atoms with Crippen molar-refractivity contribution in [2.24, 2.45) is 10.7 Å². The smallest absolute Gasteiger partial charge is 0.407 e. The van der Waals surface area contributed by atoms with Crippen LogP contribution in [0.5, 0.6) is 0 Å². The molecule has 0 radical (unpaired) electrons. The zero-order valence-corrected chi connectivity index (χ0v) is 18.2. The Kier molecular flexibility index (Phi) is 7.99. The normalized spacial score (nSPS) is 22.3. The summed E-state index contributed by atoms with van der Waals surface area (Å²) >= 11 is 0. The lowest BCUT2D eigenvalue weighted by molar-refractivity contribution is -0.110. The molecule has 1 fully saturated rings. The second kappa shape index (κ2) is 10.2. The van der Waals surface area contributed by atoms with Crippen LogP contribution in [0.2, 0.25) is 0 Å². The molecule has 166 valence electrons. The van der Waals surface area contributed by atoms with Gasteiger partial charge in [0.15, 0.2) is 5.82 Å². The Hall–Kier alpha value is -2.88. The lowest BCUT2D eigenvalue weighted by Gasteiger charge is -2.25. The molecule has 5 N–H and O–H groups in total. The molecule has 0 aromatic carbocycles.